The number of nitrogens with two attached hydrogens (primary N) is 1. The molecule has 1 heterocycles. The van der Waals surface area contributed by atoms with Crippen LogP contribution in [0.3, 0.4) is 0 Å². The van der Waals surface area contributed by atoms with Gasteiger partial charge in [-0.15, -0.1) is 0 Å². The van der Waals surface area contributed by atoms with E-state index in [-0.39, 0.29) is 12.1 Å². The number of aromatic nitrogens is 1. The van der Waals surface area contributed by atoms with Gasteiger partial charge in [-0.05, 0) is 52.2 Å². The monoisotopic (exact) mass is 344 g/mol. The zero-order chi connectivity index (χ0) is 14.2. The van der Waals surface area contributed by atoms with Crippen LogP contribution < -0.4 is 11.3 Å². The van der Waals surface area contributed by atoms with Crippen molar-refractivity contribution in [3.63, 3.8) is 0 Å². The third-order valence-corrected chi connectivity index (χ3v) is 4.16. The summed E-state index contributed by atoms with van der Waals surface area (Å²) in [5, 5.41) is 0.406. The van der Waals surface area contributed by atoms with Gasteiger partial charge in [-0.2, -0.15) is 0 Å². The van der Waals surface area contributed by atoms with Crippen LogP contribution in [0.25, 0.3) is 0 Å². The summed E-state index contributed by atoms with van der Waals surface area (Å²) in [6, 6.07) is 4.04. The summed E-state index contributed by atoms with van der Waals surface area (Å²) in [5.41, 5.74) is 7.28. The highest BCUT2D eigenvalue weighted by atomic mass is 79.9. The smallest absolute Gasteiger partial charge is 0.265 e. The molecule has 0 saturated heterocycles. The molecule has 19 heavy (non-hydrogen) atoms. The Morgan fingerprint density at radius 2 is 2.16 bits per heavy atom. The fraction of sp³-hybridized carbons (Fsp3) is 0.154. The van der Waals surface area contributed by atoms with Crippen LogP contribution in [0.1, 0.15) is 11.1 Å². The molecular weight excluding hydrogens is 335 g/mol. The minimum atomic E-state index is -0.397. The minimum absolute atomic E-state index is 0.165. The van der Waals surface area contributed by atoms with E-state index in [0.717, 1.165) is 0 Å². The maximum atomic E-state index is 13.2. The fourth-order valence-electron chi connectivity index (χ4n) is 1.70. The number of hydrogen-bond acceptors (Lipinski definition) is 2. The van der Waals surface area contributed by atoms with Crippen molar-refractivity contribution in [2.45, 2.75) is 13.5 Å². The number of nitrogen functional groups attached to an aromatic ring is 1. The van der Waals surface area contributed by atoms with E-state index in [1.807, 2.05) is 0 Å². The quantitative estimate of drug-likeness (QED) is 0.907. The van der Waals surface area contributed by atoms with Gasteiger partial charge >= 0.3 is 0 Å². The summed E-state index contributed by atoms with van der Waals surface area (Å²) < 4.78 is 15.0. The number of halogens is 3. The molecule has 1 aromatic heterocycles. The van der Waals surface area contributed by atoms with Crippen molar-refractivity contribution in [1.82, 2.24) is 4.57 Å². The molecule has 0 aliphatic heterocycles. The molecule has 1 aromatic carbocycles. The van der Waals surface area contributed by atoms with Crippen molar-refractivity contribution in [2.24, 2.45) is 0 Å². The maximum absolute atomic E-state index is 13.2. The summed E-state index contributed by atoms with van der Waals surface area (Å²) in [4.78, 5) is 12.1. The Morgan fingerprint density at radius 3 is 2.84 bits per heavy atom. The van der Waals surface area contributed by atoms with Crippen LogP contribution in [-0.4, -0.2) is 4.57 Å². The topological polar surface area (TPSA) is 48.0 Å². The summed E-state index contributed by atoms with van der Waals surface area (Å²) in [5.74, 6) is -0.397. The lowest BCUT2D eigenvalue weighted by Gasteiger charge is -2.11. The predicted molar refractivity (Wildman–Crippen MR) is 78.1 cm³/mol. The van der Waals surface area contributed by atoms with E-state index >= 15 is 0 Å². The van der Waals surface area contributed by atoms with Crippen molar-refractivity contribution in [3.8, 4) is 0 Å². The van der Waals surface area contributed by atoms with Crippen LogP contribution in [0.5, 0.6) is 0 Å². The van der Waals surface area contributed by atoms with Gasteiger partial charge in [0.1, 0.15) is 5.82 Å². The first-order chi connectivity index (χ1) is 8.90. The van der Waals surface area contributed by atoms with Crippen molar-refractivity contribution in [3.05, 3.63) is 61.2 Å². The van der Waals surface area contributed by atoms with Crippen LogP contribution in [0, 0.1) is 12.7 Å². The molecule has 0 atom stereocenters. The Kier molecular flexibility index (Phi) is 3.96. The fourth-order valence-corrected chi connectivity index (χ4v) is 2.34. The van der Waals surface area contributed by atoms with E-state index in [0.29, 0.717) is 26.3 Å². The maximum Gasteiger partial charge on any atom is 0.265 e. The Hall–Kier alpha value is -1.33. The Labute approximate surface area is 122 Å². The molecular formula is C13H11BrClFN2O. The lowest BCUT2D eigenvalue weighted by Crippen LogP contribution is -2.23. The standard InChI is InChI=1S/C13H11BrClFN2O/c1-7-11(17)6-18(13(19)12(7)14)5-8-4-9(16)2-3-10(8)15/h2-4,6H,5,17H2,1H3. The normalized spacial score (nSPS) is 10.7. The highest BCUT2D eigenvalue weighted by Crippen LogP contribution is 2.20. The highest BCUT2D eigenvalue weighted by molar-refractivity contribution is 9.10. The molecule has 2 aromatic rings. The summed E-state index contributed by atoms with van der Waals surface area (Å²) in [6.07, 6.45) is 1.53. The molecule has 100 valence electrons. The van der Waals surface area contributed by atoms with Crippen molar-refractivity contribution in [1.29, 1.82) is 0 Å². The van der Waals surface area contributed by atoms with Gasteiger partial charge in [-0.25, -0.2) is 4.39 Å². The second kappa shape index (κ2) is 5.35. The van der Waals surface area contributed by atoms with Gasteiger partial charge in [-0.3, -0.25) is 4.79 Å². The third kappa shape index (κ3) is 2.82. The Balaban J connectivity index is 2.50. The predicted octanol–water partition coefficient (Wildman–Crippen LogP) is 3.34. The lowest BCUT2D eigenvalue weighted by atomic mass is 10.2. The molecule has 0 saturated carbocycles. The molecule has 0 unspecified atom stereocenters. The van der Waals surface area contributed by atoms with Gasteiger partial charge < -0.3 is 10.3 Å². The van der Waals surface area contributed by atoms with Gasteiger partial charge in [0.15, 0.2) is 0 Å². The van der Waals surface area contributed by atoms with Gasteiger partial charge in [0.2, 0.25) is 0 Å². The molecule has 0 fully saturated rings. The molecule has 0 spiro atoms. The largest absolute Gasteiger partial charge is 0.397 e. The number of nitrogens with zero attached hydrogens (tertiary/aromatic N) is 1. The summed E-state index contributed by atoms with van der Waals surface area (Å²) in [7, 11) is 0. The second-order valence-corrected chi connectivity index (χ2v) is 5.39. The molecule has 0 radical (unpaired) electrons. The zero-order valence-corrected chi connectivity index (χ0v) is 12.4. The molecule has 6 heteroatoms. The van der Waals surface area contributed by atoms with Crippen LogP contribution in [-0.2, 0) is 6.54 Å². The van der Waals surface area contributed by atoms with Gasteiger partial charge in [0.05, 0.1) is 16.7 Å². The molecule has 0 bridgehead atoms. The average Bonchev–Trinajstić information content (AvgIpc) is 2.37. The average molecular weight is 346 g/mol. The SMILES string of the molecule is Cc1c(N)cn(Cc2cc(F)ccc2Cl)c(=O)c1Br. The molecule has 2 N–H and O–H groups in total. The van der Waals surface area contributed by atoms with E-state index in [1.165, 1.54) is 29.0 Å². The van der Waals surface area contributed by atoms with Crippen LogP contribution in [0.2, 0.25) is 5.02 Å². The number of pyridine rings is 1. The van der Waals surface area contributed by atoms with Crippen LogP contribution in [0.15, 0.2) is 33.7 Å². The van der Waals surface area contributed by atoms with E-state index in [9.17, 15) is 9.18 Å². The summed E-state index contributed by atoms with van der Waals surface area (Å²) in [6.45, 7) is 1.92. The molecule has 0 amide bonds. The first kappa shape index (κ1) is 14.1. The summed E-state index contributed by atoms with van der Waals surface area (Å²) >= 11 is 9.19. The molecule has 0 aliphatic rings. The molecule has 3 nitrogen and oxygen atoms in total. The van der Waals surface area contributed by atoms with Gasteiger partial charge in [0.25, 0.3) is 5.56 Å². The van der Waals surface area contributed by atoms with Crippen LogP contribution in [0.4, 0.5) is 10.1 Å². The molecule has 2 rings (SSSR count). The Morgan fingerprint density at radius 1 is 1.47 bits per heavy atom. The number of anilines is 1. The Bertz CT molecular complexity index is 700. The van der Waals surface area contributed by atoms with E-state index < -0.39 is 5.82 Å². The highest BCUT2D eigenvalue weighted by Gasteiger charge is 2.10. The van der Waals surface area contributed by atoms with E-state index in [2.05, 4.69) is 15.9 Å². The number of hydrogen-bond donors (Lipinski definition) is 1. The first-order valence-electron chi connectivity index (χ1n) is 5.49. The number of rotatable bonds is 2. The van der Waals surface area contributed by atoms with Crippen molar-refractivity contribution in [2.75, 3.05) is 5.73 Å². The minimum Gasteiger partial charge on any atom is -0.397 e. The van der Waals surface area contributed by atoms with Crippen molar-refractivity contribution < 1.29 is 4.39 Å². The van der Waals surface area contributed by atoms with Gasteiger partial charge in [0, 0.05) is 11.2 Å². The van der Waals surface area contributed by atoms with Gasteiger partial charge in [-0.1, -0.05) is 11.6 Å². The zero-order valence-electron chi connectivity index (χ0n) is 10.1. The number of benzene rings is 1. The lowest BCUT2D eigenvalue weighted by molar-refractivity contribution is 0.622. The molecule has 0 aliphatic carbocycles. The third-order valence-electron chi connectivity index (χ3n) is 2.85. The second-order valence-electron chi connectivity index (χ2n) is 4.19. The van der Waals surface area contributed by atoms with Crippen LogP contribution >= 0.6 is 27.5 Å². The first-order valence-corrected chi connectivity index (χ1v) is 6.66. The van der Waals surface area contributed by atoms with Crippen molar-refractivity contribution >= 4 is 33.2 Å². The van der Waals surface area contributed by atoms with E-state index in [1.54, 1.807) is 6.92 Å². The van der Waals surface area contributed by atoms with E-state index in [4.69, 9.17) is 17.3 Å².